The van der Waals surface area contributed by atoms with E-state index in [0.29, 0.717) is 0 Å². The van der Waals surface area contributed by atoms with Gasteiger partial charge in [-0.1, -0.05) is 0 Å². The molecule has 1 aliphatic rings. The summed E-state index contributed by atoms with van der Waals surface area (Å²) in [5.74, 6) is -2.53. The van der Waals surface area contributed by atoms with Gasteiger partial charge in [0.05, 0.1) is 18.3 Å². The van der Waals surface area contributed by atoms with Crippen LogP contribution in [0.5, 0.6) is 0 Å². The van der Waals surface area contributed by atoms with Gasteiger partial charge in [0.25, 0.3) is 0 Å². The molecule has 1 atom stereocenters. The second-order valence-electron chi connectivity index (χ2n) is 6.50. The van der Waals surface area contributed by atoms with Crippen LogP contribution in [-0.2, 0) is 11.3 Å². The monoisotopic (exact) mass is 385 g/mol. The van der Waals surface area contributed by atoms with Gasteiger partial charge >= 0.3 is 6.03 Å². The number of nitriles is 1. The molecule has 1 aromatic heterocycles. The molecule has 0 saturated heterocycles. The first-order valence-corrected chi connectivity index (χ1v) is 8.49. The van der Waals surface area contributed by atoms with Gasteiger partial charge in [0.2, 0.25) is 5.91 Å². The number of nitrogens with zero attached hydrogens (tertiary/aromatic N) is 3. The maximum Gasteiger partial charge on any atom is 0.322 e. The molecule has 144 valence electrons. The quantitative estimate of drug-likeness (QED) is 0.846. The van der Waals surface area contributed by atoms with E-state index >= 15 is 0 Å². The van der Waals surface area contributed by atoms with Crippen LogP contribution in [0.2, 0.25) is 0 Å². The number of aryl methyl sites for hydroxylation is 1. The molecule has 28 heavy (non-hydrogen) atoms. The molecule has 0 unspecified atom stereocenters. The third-order valence-electron chi connectivity index (χ3n) is 4.52. The molecule has 0 saturated carbocycles. The highest BCUT2D eigenvalue weighted by molar-refractivity contribution is 5.94. The summed E-state index contributed by atoms with van der Waals surface area (Å²) in [7, 11) is 0. The van der Waals surface area contributed by atoms with Gasteiger partial charge in [0.15, 0.2) is 11.6 Å². The zero-order chi connectivity index (χ0) is 20.4. The zero-order valence-electron chi connectivity index (χ0n) is 15.2. The number of carbonyl (C=O) groups excluding carboxylic acids is 2. The maximum absolute atomic E-state index is 14.0. The van der Waals surface area contributed by atoms with Crippen LogP contribution >= 0.6 is 0 Å². The smallest absolute Gasteiger partial charge is 0.322 e. The number of rotatable bonds is 4. The van der Waals surface area contributed by atoms with Gasteiger partial charge in [-0.25, -0.2) is 18.6 Å². The number of hydrogen-bond donors (Lipinski definition) is 2. The summed E-state index contributed by atoms with van der Waals surface area (Å²) in [5, 5.41) is 14.1. The van der Waals surface area contributed by atoms with Crippen molar-refractivity contribution in [3.8, 4) is 6.07 Å². The molecule has 2 heterocycles. The predicted molar refractivity (Wildman–Crippen MR) is 96.0 cm³/mol. The number of anilines is 1. The Labute approximate surface area is 160 Å². The normalized spacial score (nSPS) is 14.0. The van der Waals surface area contributed by atoms with Crippen LogP contribution in [0, 0.1) is 29.9 Å². The number of halogens is 2. The van der Waals surface area contributed by atoms with E-state index in [-0.39, 0.29) is 30.0 Å². The number of amides is 3. The van der Waals surface area contributed by atoms with Crippen molar-refractivity contribution in [2.24, 2.45) is 0 Å². The lowest BCUT2D eigenvalue weighted by atomic mass is 10.0. The lowest BCUT2D eigenvalue weighted by Gasteiger charge is -2.29. The third-order valence-corrected chi connectivity index (χ3v) is 4.52. The molecule has 9 heteroatoms. The van der Waals surface area contributed by atoms with Crippen LogP contribution in [0.3, 0.4) is 0 Å². The number of hydrogen-bond acceptors (Lipinski definition) is 4. The van der Waals surface area contributed by atoms with Crippen molar-refractivity contribution in [3.63, 3.8) is 0 Å². The molecule has 1 aromatic carbocycles. The lowest BCUT2D eigenvalue weighted by molar-refractivity contribution is -0.122. The summed E-state index contributed by atoms with van der Waals surface area (Å²) >= 11 is 0. The summed E-state index contributed by atoms with van der Waals surface area (Å²) < 4.78 is 27.4. The SMILES string of the molecule is Cc1cc(C#N)ncc1[C@@H](C)NC(=O)CN1Cc2c(ccc(F)c2F)NC1=O. The lowest BCUT2D eigenvalue weighted by Crippen LogP contribution is -2.45. The van der Waals surface area contributed by atoms with Crippen LogP contribution in [-0.4, -0.2) is 28.4 Å². The summed E-state index contributed by atoms with van der Waals surface area (Å²) in [6, 6.07) is 4.79. The van der Waals surface area contributed by atoms with Crippen molar-refractivity contribution in [1.82, 2.24) is 15.2 Å². The summed E-state index contributed by atoms with van der Waals surface area (Å²) in [4.78, 5) is 29.6. The number of aromatic nitrogens is 1. The summed E-state index contributed by atoms with van der Waals surface area (Å²) in [5.41, 5.74) is 1.98. The van der Waals surface area contributed by atoms with Crippen LogP contribution in [0.1, 0.15) is 35.3 Å². The first-order valence-electron chi connectivity index (χ1n) is 8.49. The third kappa shape index (κ3) is 3.76. The summed E-state index contributed by atoms with van der Waals surface area (Å²) in [6.45, 7) is 3.00. The molecule has 0 radical (unpaired) electrons. The highest BCUT2D eigenvalue weighted by atomic mass is 19.2. The number of fused-ring (bicyclic) bond motifs is 1. The zero-order valence-corrected chi connectivity index (χ0v) is 15.2. The van der Waals surface area contributed by atoms with Crippen molar-refractivity contribution in [2.75, 3.05) is 11.9 Å². The Balaban J connectivity index is 1.68. The minimum absolute atomic E-state index is 0.00687. The van der Waals surface area contributed by atoms with Gasteiger partial charge < -0.3 is 15.5 Å². The Bertz CT molecular complexity index is 1000. The molecule has 3 rings (SSSR count). The van der Waals surface area contributed by atoms with Gasteiger partial charge in [0, 0.05) is 11.8 Å². The van der Waals surface area contributed by atoms with E-state index in [2.05, 4.69) is 15.6 Å². The molecule has 1 aliphatic heterocycles. The fraction of sp³-hybridized carbons (Fsp3) is 0.263. The van der Waals surface area contributed by atoms with Gasteiger partial charge in [-0.15, -0.1) is 0 Å². The number of nitrogens with one attached hydrogen (secondary N) is 2. The fourth-order valence-electron chi connectivity index (χ4n) is 3.07. The molecule has 3 amide bonds. The Morgan fingerprint density at radius 1 is 1.46 bits per heavy atom. The van der Waals surface area contributed by atoms with E-state index in [0.717, 1.165) is 22.1 Å². The van der Waals surface area contributed by atoms with Crippen LogP contribution in [0.4, 0.5) is 19.3 Å². The molecule has 0 spiro atoms. The average molecular weight is 385 g/mol. The van der Waals surface area contributed by atoms with E-state index in [1.165, 1.54) is 12.3 Å². The maximum atomic E-state index is 14.0. The molecule has 2 N–H and O–H groups in total. The van der Waals surface area contributed by atoms with E-state index in [9.17, 15) is 18.4 Å². The van der Waals surface area contributed by atoms with Crippen LogP contribution in [0.25, 0.3) is 0 Å². The molecule has 0 fully saturated rings. The van der Waals surface area contributed by atoms with Crippen molar-refractivity contribution in [1.29, 1.82) is 5.26 Å². The first-order chi connectivity index (χ1) is 13.3. The van der Waals surface area contributed by atoms with E-state index in [1.54, 1.807) is 19.9 Å². The largest absolute Gasteiger partial charge is 0.348 e. The number of urea groups is 1. The predicted octanol–water partition coefficient (Wildman–Crippen LogP) is 2.76. The minimum Gasteiger partial charge on any atom is -0.348 e. The molecule has 7 nitrogen and oxygen atoms in total. The second kappa shape index (κ2) is 7.60. The number of carbonyl (C=O) groups is 2. The van der Waals surface area contributed by atoms with Gasteiger partial charge in [-0.05, 0) is 43.2 Å². The first kappa shape index (κ1) is 19.2. The number of benzene rings is 1. The minimum atomic E-state index is -1.05. The van der Waals surface area contributed by atoms with Crippen molar-refractivity contribution in [3.05, 3.63) is 58.4 Å². The topological polar surface area (TPSA) is 98.1 Å². The molecular formula is C19H17F2N5O2. The fourth-order valence-corrected chi connectivity index (χ4v) is 3.07. The van der Waals surface area contributed by atoms with Gasteiger partial charge in [0.1, 0.15) is 18.3 Å². The van der Waals surface area contributed by atoms with Gasteiger partial charge in [-0.3, -0.25) is 4.79 Å². The molecule has 0 bridgehead atoms. The Morgan fingerprint density at radius 2 is 2.21 bits per heavy atom. The standard InChI is InChI=1S/C19H17F2N5O2/c1-10-5-12(6-22)23-7-13(10)11(2)24-17(27)9-26-8-14-16(25-19(26)28)4-3-15(20)18(14)21/h3-5,7,11H,8-9H2,1-2H3,(H,24,27)(H,25,28)/t11-/m1/s1. The Kier molecular flexibility index (Phi) is 5.22. The summed E-state index contributed by atoms with van der Waals surface area (Å²) in [6.07, 6.45) is 1.51. The highest BCUT2D eigenvalue weighted by Crippen LogP contribution is 2.27. The Hall–Kier alpha value is -3.54. The van der Waals surface area contributed by atoms with Crippen LogP contribution in [0.15, 0.2) is 24.4 Å². The van der Waals surface area contributed by atoms with Crippen molar-refractivity contribution >= 4 is 17.6 Å². The van der Waals surface area contributed by atoms with Crippen molar-refractivity contribution in [2.45, 2.75) is 26.4 Å². The average Bonchev–Trinajstić information content (AvgIpc) is 2.65. The Morgan fingerprint density at radius 3 is 2.89 bits per heavy atom. The van der Waals surface area contributed by atoms with E-state index < -0.39 is 29.6 Å². The molecule has 2 aromatic rings. The van der Waals surface area contributed by atoms with Crippen molar-refractivity contribution < 1.29 is 18.4 Å². The molecular weight excluding hydrogens is 368 g/mol. The van der Waals surface area contributed by atoms with E-state index in [1.807, 2.05) is 6.07 Å². The molecule has 0 aliphatic carbocycles. The van der Waals surface area contributed by atoms with E-state index in [4.69, 9.17) is 5.26 Å². The van der Waals surface area contributed by atoms with Gasteiger partial charge in [-0.2, -0.15) is 5.26 Å². The number of pyridine rings is 1. The van der Waals surface area contributed by atoms with Crippen LogP contribution < -0.4 is 10.6 Å². The highest BCUT2D eigenvalue weighted by Gasteiger charge is 2.28. The second-order valence-corrected chi connectivity index (χ2v) is 6.50.